The van der Waals surface area contributed by atoms with Crippen molar-refractivity contribution >= 4 is 11.9 Å². The number of hydrogen-bond donors (Lipinski definition) is 3. The maximum Gasteiger partial charge on any atom is 0.305 e. The molecule has 0 aliphatic heterocycles. The Morgan fingerprint density at radius 1 is 0.400 bits per heavy atom. The predicted molar refractivity (Wildman–Crippen MR) is 306 cm³/mol. The smallest absolute Gasteiger partial charge is 0.305 e. The lowest BCUT2D eigenvalue weighted by Gasteiger charge is -2.22. The number of rotatable bonds is 58. The number of carbonyl (C=O) groups is 2. The van der Waals surface area contributed by atoms with Gasteiger partial charge in [0.15, 0.2) is 0 Å². The van der Waals surface area contributed by atoms with Gasteiger partial charge in [-0.1, -0.05) is 275 Å². The van der Waals surface area contributed by atoms with Gasteiger partial charge in [-0.2, -0.15) is 0 Å². The summed E-state index contributed by atoms with van der Waals surface area (Å²) in [5, 5.41) is 23.4. The molecule has 1 amide bonds. The van der Waals surface area contributed by atoms with Crippen molar-refractivity contribution in [2.45, 2.75) is 347 Å². The second-order valence-electron chi connectivity index (χ2n) is 21.4. The van der Waals surface area contributed by atoms with E-state index in [1.165, 1.54) is 231 Å². The standard InChI is InChI=1S/C64H121NO5/c1-3-5-7-9-11-13-15-17-19-20-21-23-26-29-32-36-40-44-48-52-56-62(67)61(60-66)65-63(68)57-53-49-45-41-37-33-30-27-24-22-25-28-31-35-39-43-47-51-55-59-70-64(69)58-54-50-46-42-38-34-18-16-14-12-10-8-6-4-2/h16,18,28,31,35,39,61-62,66-67H,3-15,17,19-27,29-30,32-34,36-38,40-60H2,1-2H3,(H,65,68)/b18-16-,31-28-,39-35-. The van der Waals surface area contributed by atoms with Gasteiger partial charge in [-0.25, -0.2) is 0 Å². The van der Waals surface area contributed by atoms with Gasteiger partial charge in [0.25, 0.3) is 0 Å². The Morgan fingerprint density at radius 2 is 0.714 bits per heavy atom. The first-order valence-corrected chi connectivity index (χ1v) is 31.3. The molecular formula is C64H121NO5. The largest absolute Gasteiger partial charge is 0.466 e. The average Bonchev–Trinajstić information content (AvgIpc) is 3.36. The van der Waals surface area contributed by atoms with Gasteiger partial charge in [0.1, 0.15) is 0 Å². The van der Waals surface area contributed by atoms with E-state index in [0.29, 0.717) is 25.9 Å². The first-order valence-electron chi connectivity index (χ1n) is 31.3. The van der Waals surface area contributed by atoms with Crippen molar-refractivity contribution in [2.24, 2.45) is 0 Å². The van der Waals surface area contributed by atoms with E-state index in [1.54, 1.807) is 0 Å². The number of esters is 1. The lowest BCUT2D eigenvalue weighted by Crippen LogP contribution is -2.45. The number of allylic oxidation sites excluding steroid dienone is 6. The predicted octanol–water partition coefficient (Wildman–Crippen LogP) is 19.6. The van der Waals surface area contributed by atoms with Gasteiger partial charge in [-0.15, -0.1) is 0 Å². The summed E-state index contributed by atoms with van der Waals surface area (Å²) < 4.78 is 5.45. The average molecular weight is 985 g/mol. The minimum absolute atomic E-state index is 0.0216. The number of amides is 1. The molecule has 2 atom stereocenters. The van der Waals surface area contributed by atoms with E-state index >= 15 is 0 Å². The van der Waals surface area contributed by atoms with Crippen LogP contribution >= 0.6 is 0 Å². The highest BCUT2D eigenvalue weighted by atomic mass is 16.5. The van der Waals surface area contributed by atoms with Gasteiger partial charge < -0.3 is 20.3 Å². The van der Waals surface area contributed by atoms with Crippen molar-refractivity contribution in [3.8, 4) is 0 Å². The van der Waals surface area contributed by atoms with Crippen LogP contribution in [0.2, 0.25) is 0 Å². The van der Waals surface area contributed by atoms with E-state index in [4.69, 9.17) is 4.74 Å². The van der Waals surface area contributed by atoms with Crippen LogP contribution in [0.4, 0.5) is 0 Å². The van der Waals surface area contributed by atoms with Crippen molar-refractivity contribution in [3.63, 3.8) is 0 Å². The highest BCUT2D eigenvalue weighted by Gasteiger charge is 2.20. The third kappa shape index (κ3) is 55.4. The number of aliphatic hydroxyl groups is 2. The zero-order valence-electron chi connectivity index (χ0n) is 47.0. The molecule has 6 heteroatoms. The lowest BCUT2D eigenvalue weighted by molar-refractivity contribution is -0.143. The van der Waals surface area contributed by atoms with Crippen LogP contribution < -0.4 is 5.32 Å². The van der Waals surface area contributed by atoms with Crippen LogP contribution in [-0.4, -0.2) is 47.4 Å². The lowest BCUT2D eigenvalue weighted by atomic mass is 10.0. The van der Waals surface area contributed by atoms with Crippen LogP contribution in [-0.2, 0) is 14.3 Å². The van der Waals surface area contributed by atoms with Crippen molar-refractivity contribution < 1.29 is 24.5 Å². The second kappa shape index (κ2) is 59.6. The molecule has 0 saturated carbocycles. The van der Waals surface area contributed by atoms with E-state index < -0.39 is 12.1 Å². The molecule has 0 aromatic carbocycles. The molecule has 0 saturated heterocycles. The molecule has 6 nitrogen and oxygen atoms in total. The van der Waals surface area contributed by atoms with E-state index in [9.17, 15) is 19.8 Å². The topological polar surface area (TPSA) is 95.9 Å². The van der Waals surface area contributed by atoms with Gasteiger partial charge in [0.05, 0.1) is 25.4 Å². The molecule has 0 spiro atoms. The highest BCUT2D eigenvalue weighted by Crippen LogP contribution is 2.17. The normalized spacial score (nSPS) is 12.8. The van der Waals surface area contributed by atoms with Crippen molar-refractivity contribution in [1.29, 1.82) is 0 Å². The van der Waals surface area contributed by atoms with Crippen LogP contribution in [0.1, 0.15) is 335 Å². The fourth-order valence-corrected chi connectivity index (χ4v) is 9.63. The number of hydrogen-bond acceptors (Lipinski definition) is 5. The second-order valence-corrected chi connectivity index (χ2v) is 21.4. The van der Waals surface area contributed by atoms with Gasteiger partial charge in [0.2, 0.25) is 5.91 Å². The minimum atomic E-state index is -0.672. The number of carbonyl (C=O) groups excluding carboxylic acids is 2. The van der Waals surface area contributed by atoms with Crippen LogP contribution in [0.3, 0.4) is 0 Å². The Morgan fingerprint density at radius 3 is 1.10 bits per heavy atom. The van der Waals surface area contributed by atoms with E-state index in [0.717, 1.165) is 70.6 Å². The van der Waals surface area contributed by atoms with Crippen LogP contribution in [0.25, 0.3) is 0 Å². The quantitative estimate of drug-likeness (QED) is 0.0244. The summed E-state index contributed by atoms with van der Waals surface area (Å²) in [4.78, 5) is 24.5. The first kappa shape index (κ1) is 68.1. The van der Waals surface area contributed by atoms with Gasteiger partial charge in [-0.05, 0) is 83.5 Å². The molecule has 0 aliphatic rings. The molecule has 0 fully saturated rings. The Labute approximate surface area is 436 Å². The number of ether oxygens (including phenoxy) is 1. The summed E-state index contributed by atoms with van der Waals surface area (Å²) >= 11 is 0. The third-order valence-corrected chi connectivity index (χ3v) is 14.4. The maximum absolute atomic E-state index is 12.5. The SMILES string of the molecule is CCCCCCC/C=C\CCCCCCCC(=O)OCCCCC/C=C\C=C/CCCCCCCCCCCCC(=O)NC(CO)C(O)CCCCCCCCCCCCCCCCCCCCCC. The molecule has 3 N–H and O–H groups in total. The molecule has 2 unspecified atom stereocenters. The monoisotopic (exact) mass is 984 g/mol. The van der Waals surface area contributed by atoms with Crippen molar-refractivity contribution in [3.05, 3.63) is 36.5 Å². The summed E-state index contributed by atoms with van der Waals surface area (Å²) in [5.74, 6) is -0.0640. The molecule has 0 rings (SSSR count). The van der Waals surface area contributed by atoms with E-state index in [2.05, 4.69) is 55.6 Å². The van der Waals surface area contributed by atoms with Gasteiger partial charge in [0, 0.05) is 12.8 Å². The third-order valence-electron chi connectivity index (χ3n) is 14.4. The first-order chi connectivity index (χ1) is 34.5. The molecule has 0 radical (unpaired) electrons. The van der Waals surface area contributed by atoms with E-state index in [1.807, 2.05) is 0 Å². The Hall–Kier alpha value is -1.92. The van der Waals surface area contributed by atoms with Crippen LogP contribution in [0.15, 0.2) is 36.5 Å². The van der Waals surface area contributed by atoms with Crippen molar-refractivity contribution in [2.75, 3.05) is 13.2 Å². The molecule has 70 heavy (non-hydrogen) atoms. The molecule has 412 valence electrons. The molecule has 0 bridgehead atoms. The number of aliphatic hydroxyl groups excluding tert-OH is 2. The molecule has 0 aliphatic carbocycles. The summed E-state index contributed by atoms with van der Waals surface area (Å²) in [5.41, 5.74) is 0. The Kier molecular flexibility index (Phi) is 58.0. The zero-order chi connectivity index (χ0) is 50.7. The Bertz CT molecular complexity index is 1130. The fraction of sp³-hybridized carbons (Fsp3) is 0.875. The summed E-state index contributed by atoms with van der Waals surface area (Å²) in [6.45, 7) is 4.92. The fourth-order valence-electron chi connectivity index (χ4n) is 9.63. The summed E-state index contributed by atoms with van der Waals surface area (Å²) in [6, 6.07) is -0.550. The van der Waals surface area contributed by atoms with Crippen LogP contribution in [0.5, 0.6) is 0 Å². The maximum atomic E-state index is 12.5. The van der Waals surface area contributed by atoms with Gasteiger partial charge >= 0.3 is 5.97 Å². The van der Waals surface area contributed by atoms with Crippen molar-refractivity contribution in [1.82, 2.24) is 5.32 Å². The Balaban J connectivity index is 3.48. The molecule has 0 aromatic rings. The molecule has 0 heterocycles. The van der Waals surface area contributed by atoms with Gasteiger partial charge in [-0.3, -0.25) is 9.59 Å². The zero-order valence-corrected chi connectivity index (χ0v) is 47.0. The van der Waals surface area contributed by atoms with E-state index in [-0.39, 0.29) is 18.5 Å². The molecule has 0 aromatic heterocycles. The number of unbranched alkanes of at least 4 members (excludes halogenated alkanes) is 42. The number of nitrogens with one attached hydrogen (secondary N) is 1. The highest BCUT2D eigenvalue weighted by molar-refractivity contribution is 5.76. The molecular weight excluding hydrogens is 863 g/mol. The van der Waals surface area contributed by atoms with Crippen LogP contribution in [0, 0.1) is 0 Å². The minimum Gasteiger partial charge on any atom is -0.466 e. The summed E-state index contributed by atoms with van der Waals surface area (Å²) in [6.07, 6.45) is 74.4. The summed E-state index contributed by atoms with van der Waals surface area (Å²) in [7, 11) is 0.